The SMILES string of the molecule is CC1(C)CCC(C)(C)O1.CC1(C)CCC(C)(C)O1.CCC(C)C.CCO.COP.O.O.O.O. The summed E-state index contributed by atoms with van der Waals surface area (Å²) in [6.07, 6.45) is 6.08. The van der Waals surface area contributed by atoms with Gasteiger partial charge in [-0.25, -0.2) is 0 Å². The highest BCUT2D eigenvalue weighted by Gasteiger charge is 2.37. The molecule has 212 valence electrons. The van der Waals surface area contributed by atoms with Crippen LogP contribution in [0.25, 0.3) is 0 Å². The summed E-state index contributed by atoms with van der Waals surface area (Å²) in [7, 11) is 3.67. The van der Waals surface area contributed by atoms with Crippen LogP contribution in [0.1, 0.15) is 115 Å². The molecule has 2 aliphatic heterocycles. The Labute approximate surface area is 208 Å². The van der Waals surface area contributed by atoms with Gasteiger partial charge < -0.3 is 41.0 Å². The minimum Gasteiger partial charge on any atom is -0.412 e. The van der Waals surface area contributed by atoms with Gasteiger partial charge in [0.05, 0.1) is 22.4 Å². The van der Waals surface area contributed by atoms with Crippen LogP contribution in [0, 0.1) is 5.92 Å². The van der Waals surface area contributed by atoms with Gasteiger partial charge in [-0.15, -0.1) is 0 Å². The maximum Gasteiger partial charge on any atom is 0.0634 e. The Morgan fingerprint density at radius 2 is 0.818 bits per heavy atom. The van der Waals surface area contributed by atoms with E-state index >= 15 is 0 Å². The zero-order chi connectivity index (χ0) is 23.9. The fourth-order valence-electron chi connectivity index (χ4n) is 2.90. The van der Waals surface area contributed by atoms with E-state index in [-0.39, 0.29) is 50.9 Å². The molecule has 9 N–H and O–H groups in total. The van der Waals surface area contributed by atoms with Crippen LogP contribution in [-0.2, 0) is 14.0 Å². The van der Waals surface area contributed by atoms with Crippen molar-refractivity contribution in [2.24, 2.45) is 5.92 Å². The van der Waals surface area contributed by atoms with E-state index in [0.717, 1.165) is 5.92 Å². The van der Waals surface area contributed by atoms with Crippen molar-refractivity contribution >= 4 is 9.47 Å². The third-order valence-corrected chi connectivity index (χ3v) is 4.58. The van der Waals surface area contributed by atoms with E-state index < -0.39 is 0 Å². The third kappa shape index (κ3) is 36.8. The molecular formula is C24H63O8P. The van der Waals surface area contributed by atoms with Crippen LogP contribution in [0.2, 0.25) is 0 Å². The van der Waals surface area contributed by atoms with Gasteiger partial charge in [0.1, 0.15) is 0 Å². The standard InChI is InChI=1S/2C8H16O.C5H12.C2H6O.CH5OP.4H2O/c2*1-7(2)5-6-8(3,4)9-7;1-4-5(2)3;2*1-2-3;;;;/h2*5-6H2,1-4H3;5H,4H2,1-3H3;3H,2H2,1H3;3H2,1H3;4*1H2. The first-order chi connectivity index (χ1) is 12.9. The average molecular weight is 511 g/mol. The smallest absolute Gasteiger partial charge is 0.0634 e. The van der Waals surface area contributed by atoms with Crippen LogP contribution in [-0.4, -0.2) is 63.1 Å². The monoisotopic (exact) mass is 510 g/mol. The second-order valence-electron chi connectivity index (χ2n) is 10.6. The van der Waals surface area contributed by atoms with Gasteiger partial charge in [-0.1, -0.05) is 27.2 Å². The Morgan fingerprint density at radius 3 is 0.848 bits per heavy atom. The summed E-state index contributed by atoms with van der Waals surface area (Å²) < 4.78 is 15.6. The van der Waals surface area contributed by atoms with E-state index in [4.69, 9.17) is 14.6 Å². The van der Waals surface area contributed by atoms with Gasteiger partial charge in [-0.2, -0.15) is 0 Å². The molecule has 2 heterocycles. The first-order valence-electron chi connectivity index (χ1n) is 11.2. The zero-order valence-corrected chi connectivity index (χ0v) is 25.2. The van der Waals surface area contributed by atoms with Crippen molar-refractivity contribution in [3.63, 3.8) is 0 Å². The molecule has 9 heteroatoms. The van der Waals surface area contributed by atoms with Crippen LogP contribution in [0.15, 0.2) is 0 Å². The number of aliphatic hydroxyl groups is 1. The molecule has 2 aliphatic rings. The summed E-state index contributed by atoms with van der Waals surface area (Å²) in [5.74, 6) is 0.884. The van der Waals surface area contributed by atoms with Gasteiger partial charge in [-0.3, -0.25) is 0 Å². The molecule has 8 nitrogen and oxygen atoms in total. The van der Waals surface area contributed by atoms with Gasteiger partial charge in [0.2, 0.25) is 0 Å². The van der Waals surface area contributed by atoms with E-state index in [1.54, 1.807) is 14.0 Å². The summed E-state index contributed by atoms with van der Waals surface area (Å²) in [5, 5.41) is 7.57. The summed E-state index contributed by atoms with van der Waals surface area (Å²) in [5.41, 5.74) is 0.514. The highest BCUT2D eigenvalue weighted by molar-refractivity contribution is 7.09. The molecule has 1 unspecified atom stereocenters. The van der Waals surface area contributed by atoms with Crippen molar-refractivity contribution in [3.8, 4) is 0 Å². The van der Waals surface area contributed by atoms with Gasteiger partial charge in [0.25, 0.3) is 0 Å². The molecule has 0 bridgehead atoms. The number of hydrogen-bond donors (Lipinski definition) is 1. The molecule has 2 fully saturated rings. The average Bonchev–Trinajstić information content (AvgIpc) is 2.94. The Kier molecular flexibility index (Phi) is 36.2. The first-order valence-corrected chi connectivity index (χ1v) is 11.6. The van der Waals surface area contributed by atoms with Crippen molar-refractivity contribution < 1.29 is 41.0 Å². The maximum absolute atomic E-state index is 7.57. The van der Waals surface area contributed by atoms with Crippen molar-refractivity contribution in [3.05, 3.63) is 0 Å². The lowest BCUT2D eigenvalue weighted by atomic mass is 10.0. The number of rotatable bonds is 1. The second-order valence-corrected chi connectivity index (χ2v) is 11.1. The van der Waals surface area contributed by atoms with Gasteiger partial charge in [-0.05, 0) is 103 Å². The van der Waals surface area contributed by atoms with Crippen molar-refractivity contribution in [1.82, 2.24) is 0 Å². The maximum atomic E-state index is 7.57. The summed E-state index contributed by atoms with van der Waals surface area (Å²) in [6.45, 7) is 25.8. The Hall–Kier alpha value is 0.110. The number of hydrogen-bond acceptors (Lipinski definition) is 4. The van der Waals surface area contributed by atoms with Crippen molar-refractivity contribution in [1.29, 1.82) is 0 Å². The van der Waals surface area contributed by atoms with E-state index in [1.165, 1.54) is 32.1 Å². The van der Waals surface area contributed by atoms with E-state index in [9.17, 15) is 0 Å². The topological polar surface area (TPSA) is 174 Å². The molecule has 0 aliphatic carbocycles. The highest BCUT2D eigenvalue weighted by atomic mass is 31.0. The quantitative estimate of drug-likeness (QED) is 0.527. The Balaban J connectivity index is -0.0000000534. The predicted molar refractivity (Wildman–Crippen MR) is 146 cm³/mol. The molecule has 0 aromatic heterocycles. The molecule has 0 amide bonds. The van der Waals surface area contributed by atoms with Crippen LogP contribution in [0.4, 0.5) is 0 Å². The van der Waals surface area contributed by atoms with Crippen molar-refractivity contribution in [2.75, 3.05) is 13.7 Å². The molecule has 0 aromatic rings. The summed E-state index contributed by atoms with van der Waals surface area (Å²) in [6, 6.07) is 0. The Bertz CT molecular complexity index is 327. The van der Waals surface area contributed by atoms with Crippen LogP contribution in [0.3, 0.4) is 0 Å². The molecule has 1 atom stereocenters. The normalized spacial score (nSPS) is 19.3. The molecule has 0 aromatic carbocycles. The minimum absolute atomic E-state index is 0. The van der Waals surface area contributed by atoms with E-state index in [2.05, 4.69) is 90.2 Å². The van der Waals surface area contributed by atoms with Gasteiger partial charge in [0, 0.05) is 13.7 Å². The largest absolute Gasteiger partial charge is 0.412 e. The Morgan fingerprint density at radius 1 is 0.697 bits per heavy atom. The molecule has 0 radical (unpaired) electrons. The third-order valence-electron chi connectivity index (χ3n) is 4.58. The molecule has 2 rings (SSSR count). The predicted octanol–water partition coefficient (Wildman–Crippen LogP) is 3.88. The fourth-order valence-corrected chi connectivity index (χ4v) is 2.90. The summed E-state index contributed by atoms with van der Waals surface area (Å²) >= 11 is 0. The lowest BCUT2D eigenvalue weighted by Gasteiger charge is -2.23. The molecule has 2 saturated heterocycles. The summed E-state index contributed by atoms with van der Waals surface area (Å²) in [4.78, 5) is 0. The van der Waals surface area contributed by atoms with Gasteiger partial charge >= 0.3 is 0 Å². The molecule has 0 spiro atoms. The van der Waals surface area contributed by atoms with Crippen LogP contribution in [0.5, 0.6) is 0 Å². The van der Waals surface area contributed by atoms with E-state index in [1.807, 2.05) is 0 Å². The van der Waals surface area contributed by atoms with Crippen LogP contribution >= 0.6 is 9.47 Å². The molecule has 0 saturated carbocycles. The number of ether oxygens (including phenoxy) is 2. The molecular weight excluding hydrogens is 447 g/mol. The number of aliphatic hydroxyl groups excluding tert-OH is 1. The first kappa shape index (κ1) is 50.1. The lowest BCUT2D eigenvalue weighted by Crippen LogP contribution is -2.25. The van der Waals surface area contributed by atoms with Crippen molar-refractivity contribution in [2.45, 2.75) is 138 Å². The zero-order valence-electron chi connectivity index (χ0n) is 24.1. The fraction of sp³-hybridized carbons (Fsp3) is 1.00. The van der Waals surface area contributed by atoms with Gasteiger partial charge in [0.15, 0.2) is 0 Å². The second kappa shape index (κ2) is 23.8. The molecule has 33 heavy (non-hydrogen) atoms. The minimum atomic E-state index is 0. The highest BCUT2D eigenvalue weighted by Crippen LogP contribution is 2.37. The van der Waals surface area contributed by atoms with E-state index in [0.29, 0.717) is 0 Å². The van der Waals surface area contributed by atoms with Crippen LogP contribution < -0.4 is 0 Å². The lowest BCUT2D eigenvalue weighted by molar-refractivity contribution is -0.0649.